The molecule has 100 valence electrons. The number of rotatable bonds is 2. The summed E-state index contributed by atoms with van der Waals surface area (Å²) >= 11 is 0. The van der Waals surface area contributed by atoms with Crippen LogP contribution in [0.15, 0.2) is 24.3 Å². The molecular formula is C14H15NO4. The second-order valence-electron chi connectivity index (χ2n) is 4.69. The molecule has 1 unspecified atom stereocenters. The van der Waals surface area contributed by atoms with Gasteiger partial charge in [-0.05, 0) is 25.0 Å². The summed E-state index contributed by atoms with van der Waals surface area (Å²) in [6.07, 6.45) is 0.214. The van der Waals surface area contributed by atoms with Crippen molar-refractivity contribution < 1.29 is 19.5 Å². The van der Waals surface area contributed by atoms with Gasteiger partial charge in [0.05, 0.1) is 5.92 Å². The van der Waals surface area contributed by atoms with Gasteiger partial charge in [0.1, 0.15) is 0 Å². The van der Waals surface area contributed by atoms with Crippen molar-refractivity contribution in [1.29, 1.82) is 0 Å². The van der Waals surface area contributed by atoms with Gasteiger partial charge in [-0.2, -0.15) is 0 Å². The van der Waals surface area contributed by atoms with Crippen molar-refractivity contribution in [1.82, 2.24) is 4.90 Å². The Kier molecular flexibility index (Phi) is 3.64. The van der Waals surface area contributed by atoms with Crippen LogP contribution in [-0.4, -0.2) is 34.3 Å². The number of imide groups is 1. The van der Waals surface area contributed by atoms with E-state index in [0.717, 1.165) is 10.5 Å². The Balaban J connectivity index is 2.16. The SMILES string of the molecule is Cc1ccccc1C(=O)N1CCC(C(=O)O)CC1=O. The molecule has 5 nitrogen and oxygen atoms in total. The van der Waals surface area contributed by atoms with E-state index in [-0.39, 0.29) is 18.9 Å². The molecular weight excluding hydrogens is 246 g/mol. The molecule has 19 heavy (non-hydrogen) atoms. The largest absolute Gasteiger partial charge is 0.481 e. The molecule has 1 aromatic rings. The van der Waals surface area contributed by atoms with Crippen LogP contribution in [0, 0.1) is 12.8 Å². The number of carboxylic acids is 1. The molecule has 5 heteroatoms. The number of benzene rings is 1. The minimum atomic E-state index is -0.976. The number of aliphatic carboxylic acids is 1. The molecule has 1 aliphatic heterocycles. The summed E-state index contributed by atoms with van der Waals surface area (Å²) in [6.45, 7) is 1.98. The monoisotopic (exact) mass is 261 g/mol. The molecule has 0 aromatic heterocycles. The van der Waals surface area contributed by atoms with Gasteiger partial charge in [0, 0.05) is 18.5 Å². The van der Waals surface area contributed by atoms with Gasteiger partial charge in [-0.1, -0.05) is 18.2 Å². The summed E-state index contributed by atoms with van der Waals surface area (Å²) in [5.74, 6) is -2.40. The number of carbonyl (C=O) groups excluding carboxylic acids is 2. The first-order chi connectivity index (χ1) is 9.00. The Bertz CT molecular complexity index is 538. The van der Waals surface area contributed by atoms with E-state index in [1.54, 1.807) is 12.1 Å². The van der Waals surface area contributed by atoms with Crippen molar-refractivity contribution in [2.24, 2.45) is 5.92 Å². The lowest BCUT2D eigenvalue weighted by molar-refractivity contribution is -0.148. The van der Waals surface area contributed by atoms with Gasteiger partial charge < -0.3 is 5.11 Å². The number of likely N-dealkylation sites (tertiary alicyclic amines) is 1. The maximum Gasteiger partial charge on any atom is 0.307 e. The van der Waals surface area contributed by atoms with E-state index in [1.807, 2.05) is 19.1 Å². The highest BCUT2D eigenvalue weighted by molar-refractivity contribution is 6.06. The van der Waals surface area contributed by atoms with Crippen molar-refractivity contribution >= 4 is 17.8 Å². The van der Waals surface area contributed by atoms with Gasteiger partial charge in [-0.25, -0.2) is 0 Å². The zero-order valence-electron chi connectivity index (χ0n) is 10.6. The topological polar surface area (TPSA) is 74.7 Å². The van der Waals surface area contributed by atoms with Gasteiger partial charge in [-0.15, -0.1) is 0 Å². The van der Waals surface area contributed by atoms with Gasteiger partial charge in [0.25, 0.3) is 5.91 Å². The predicted molar refractivity (Wildman–Crippen MR) is 67.6 cm³/mol. The number of hydrogen-bond acceptors (Lipinski definition) is 3. The van der Waals surface area contributed by atoms with E-state index in [9.17, 15) is 14.4 Å². The molecule has 1 heterocycles. The van der Waals surface area contributed by atoms with E-state index in [2.05, 4.69) is 0 Å². The Morgan fingerprint density at radius 2 is 2.00 bits per heavy atom. The third kappa shape index (κ3) is 2.65. The van der Waals surface area contributed by atoms with Gasteiger partial charge in [0.2, 0.25) is 5.91 Å². The zero-order valence-corrected chi connectivity index (χ0v) is 10.6. The van der Waals surface area contributed by atoms with Crippen molar-refractivity contribution in [3.05, 3.63) is 35.4 Å². The minimum absolute atomic E-state index is 0.104. The van der Waals surface area contributed by atoms with Gasteiger partial charge in [-0.3, -0.25) is 19.3 Å². The molecule has 1 N–H and O–H groups in total. The van der Waals surface area contributed by atoms with Crippen LogP contribution in [0.5, 0.6) is 0 Å². The van der Waals surface area contributed by atoms with Crippen molar-refractivity contribution in [3.8, 4) is 0 Å². The standard InChI is InChI=1S/C14H15NO4/c1-9-4-2-3-5-11(9)13(17)15-7-6-10(14(18)19)8-12(15)16/h2-5,10H,6-8H2,1H3,(H,18,19). The lowest BCUT2D eigenvalue weighted by atomic mass is 9.95. The van der Waals surface area contributed by atoms with Crippen LogP contribution in [0.1, 0.15) is 28.8 Å². The summed E-state index contributed by atoms with van der Waals surface area (Å²) in [5, 5.41) is 8.89. The average Bonchev–Trinajstić information content (AvgIpc) is 2.38. The van der Waals surface area contributed by atoms with E-state index >= 15 is 0 Å². The van der Waals surface area contributed by atoms with Crippen LogP contribution in [0.3, 0.4) is 0 Å². The first-order valence-corrected chi connectivity index (χ1v) is 6.14. The van der Waals surface area contributed by atoms with Crippen LogP contribution in [-0.2, 0) is 9.59 Å². The number of carbonyl (C=O) groups is 3. The maximum atomic E-state index is 12.3. The normalized spacial score (nSPS) is 19.3. The number of hydrogen-bond donors (Lipinski definition) is 1. The summed E-state index contributed by atoms with van der Waals surface area (Å²) in [4.78, 5) is 36.1. The fourth-order valence-corrected chi connectivity index (χ4v) is 2.22. The molecule has 2 amide bonds. The fourth-order valence-electron chi connectivity index (χ4n) is 2.22. The zero-order chi connectivity index (χ0) is 14.0. The van der Waals surface area contributed by atoms with Crippen LogP contribution in [0.2, 0.25) is 0 Å². The Hall–Kier alpha value is -2.17. The predicted octanol–water partition coefficient (Wildman–Crippen LogP) is 1.46. The van der Waals surface area contributed by atoms with Gasteiger partial charge in [0.15, 0.2) is 0 Å². The maximum absolute atomic E-state index is 12.3. The molecule has 1 aliphatic rings. The molecule has 1 saturated heterocycles. The minimum Gasteiger partial charge on any atom is -0.481 e. The smallest absolute Gasteiger partial charge is 0.307 e. The lowest BCUT2D eigenvalue weighted by Crippen LogP contribution is -2.44. The highest BCUT2D eigenvalue weighted by atomic mass is 16.4. The molecule has 1 atom stereocenters. The average molecular weight is 261 g/mol. The van der Waals surface area contributed by atoms with Crippen molar-refractivity contribution in [3.63, 3.8) is 0 Å². The van der Waals surface area contributed by atoms with Crippen molar-refractivity contribution in [2.75, 3.05) is 6.54 Å². The van der Waals surface area contributed by atoms with E-state index in [4.69, 9.17) is 5.11 Å². The first-order valence-electron chi connectivity index (χ1n) is 6.14. The lowest BCUT2D eigenvalue weighted by Gasteiger charge is -2.28. The molecule has 1 aromatic carbocycles. The molecule has 0 radical (unpaired) electrons. The fraction of sp³-hybridized carbons (Fsp3) is 0.357. The number of nitrogens with zero attached hydrogens (tertiary/aromatic N) is 1. The first kappa shape index (κ1) is 13.3. The summed E-state index contributed by atoms with van der Waals surface area (Å²) in [5.41, 5.74) is 1.30. The Morgan fingerprint density at radius 1 is 1.32 bits per heavy atom. The summed E-state index contributed by atoms with van der Waals surface area (Å²) in [7, 11) is 0. The highest BCUT2D eigenvalue weighted by Crippen LogP contribution is 2.21. The quantitative estimate of drug-likeness (QED) is 0.818. The number of aryl methyl sites for hydroxylation is 1. The third-order valence-corrected chi connectivity index (χ3v) is 3.39. The van der Waals surface area contributed by atoms with Crippen LogP contribution < -0.4 is 0 Å². The molecule has 1 fully saturated rings. The van der Waals surface area contributed by atoms with Crippen LogP contribution in [0.25, 0.3) is 0 Å². The van der Waals surface area contributed by atoms with E-state index in [1.165, 1.54) is 0 Å². The van der Waals surface area contributed by atoms with Crippen LogP contribution in [0.4, 0.5) is 0 Å². The number of piperidine rings is 1. The van der Waals surface area contributed by atoms with E-state index in [0.29, 0.717) is 12.0 Å². The number of carboxylic acid groups (broad SMARTS) is 1. The molecule has 0 aliphatic carbocycles. The van der Waals surface area contributed by atoms with Gasteiger partial charge >= 0.3 is 5.97 Å². The second-order valence-corrected chi connectivity index (χ2v) is 4.69. The Labute approximate surface area is 110 Å². The summed E-state index contributed by atoms with van der Waals surface area (Å²) in [6, 6.07) is 7.05. The third-order valence-electron chi connectivity index (χ3n) is 3.39. The van der Waals surface area contributed by atoms with Crippen LogP contribution >= 0.6 is 0 Å². The summed E-state index contributed by atoms with van der Waals surface area (Å²) < 4.78 is 0. The van der Waals surface area contributed by atoms with Crippen molar-refractivity contribution in [2.45, 2.75) is 19.8 Å². The van der Waals surface area contributed by atoms with E-state index < -0.39 is 17.8 Å². The molecule has 2 rings (SSSR count). The Morgan fingerprint density at radius 3 is 2.58 bits per heavy atom. The second kappa shape index (κ2) is 5.22. The highest BCUT2D eigenvalue weighted by Gasteiger charge is 2.34. The molecule has 0 spiro atoms. The molecule has 0 bridgehead atoms. The molecule has 0 saturated carbocycles. The number of amides is 2.